The van der Waals surface area contributed by atoms with Crippen molar-refractivity contribution in [3.8, 4) is 0 Å². The summed E-state index contributed by atoms with van der Waals surface area (Å²) in [5.41, 5.74) is 5.28. The fourth-order valence-electron chi connectivity index (χ4n) is 18.3. The summed E-state index contributed by atoms with van der Waals surface area (Å²) in [6.07, 6.45) is 34.2. The number of nitrogens with two attached hydrogens (primary N) is 1. The molecule has 14 fully saturated rings. The van der Waals surface area contributed by atoms with Crippen LogP contribution in [0.4, 0.5) is 0 Å². The normalized spacial score (nSPS) is 21.8. The maximum atomic E-state index is 13.1. The number of carbonyl (C=O) groups excluding carboxylic acids is 2. The Labute approximate surface area is 905 Å². The number of pyridine rings is 4. The van der Waals surface area contributed by atoms with Gasteiger partial charge in [0, 0.05) is 211 Å². The molecule has 26 rings (SSSR count). The molecular weight excluding hydrogens is 2100 g/mol. The molecule has 0 spiro atoms. The fourth-order valence-corrected chi connectivity index (χ4v) is 20.8. The number of halogens is 2. The molecule has 35 nitrogen and oxygen atoms in total. The average molecular weight is 2250 g/mol. The second kappa shape index (κ2) is 54.3. The van der Waals surface area contributed by atoms with Gasteiger partial charge < -0.3 is 48.2 Å². The van der Waals surface area contributed by atoms with Crippen LogP contribution < -0.4 is 27.4 Å². The fraction of sp³-hybridized carbons (Fsp3) is 0.552. The number of hydrogen-bond acceptors (Lipinski definition) is 24. The van der Waals surface area contributed by atoms with E-state index in [2.05, 4.69) is 81.4 Å². The van der Waals surface area contributed by atoms with Gasteiger partial charge in [0.1, 0.15) is 22.4 Å². The van der Waals surface area contributed by atoms with Crippen molar-refractivity contribution in [2.24, 2.45) is 61.4 Å². The number of aliphatic hydroxyl groups is 4. The van der Waals surface area contributed by atoms with Crippen molar-refractivity contribution in [1.82, 2.24) is 83.3 Å². The van der Waals surface area contributed by atoms with E-state index in [0.717, 1.165) is 129 Å². The van der Waals surface area contributed by atoms with Crippen LogP contribution in [0.5, 0.6) is 0 Å². The number of ketones is 1. The van der Waals surface area contributed by atoms with Gasteiger partial charge in [0.15, 0.2) is 11.4 Å². The van der Waals surface area contributed by atoms with Gasteiger partial charge in [0.25, 0.3) is 28.1 Å². The number of hydrogen-bond donors (Lipinski definition) is 5. The summed E-state index contributed by atoms with van der Waals surface area (Å²) in [5, 5.41) is 76.5. The Kier molecular flexibility index (Phi) is 46.2. The Morgan fingerprint density at radius 1 is 0.503 bits per heavy atom. The van der Waals surface area contributed by atoms with Gasteiger partial charge in [-0.3, -0.25) is 43.0 Å². The number of nitrogens with zero attached hydrogens (tertiary/aromatic N) is 18. The van der Waals surface area contributed by atoms with Crippen molar-refractivity contribution < 1.29 is 78.7 Å². The summed E-state index contributed by atoms with van der Waals surface area (Å²) in [6, 6.07) is 30.0. The summed E-state index contributed by atoms with van der Waals surface area (Å²) in [5.74, 6) is 3.22. The van der Waals surface area contributed by atoms with Crippen LogP contribution in [0.15, 0.2) is 170 Å². The standard InChI is InChI=1S/C23H28N4O2S.C22H25N5O2S.C18H16N4O2.C10H8INO.C10H14N4O2.C5H10O.C4H11NOS.C4H8O.4C2H6O.CH4.B.ClH.Ti/c1-22(2,3)30(29)14-19(20-13-27(25-24-20)23-10-15(11-23)12-23)16-6-5-7-18-17(16)8-9-26(4)21(18)28;1-21(2,3)30(29)24-19(18-13-27(25-23-18)22-10-14(11-22)12-22)16-6-5-7-17-15(16)8-9-26(4)20(17)28;1-21-6-5-12-13(3-2-4-14(12)17(21)24)16(23)15-10-22(20-19-15)18-7-11(8-18)9-18;1-12-6-5-7-8(10(12)13)3-2-4-9(7)11;1-13(16-2)9(15)8-6-14(12-11-8)10-3-7(4-10)5-10;1-5-3-2-4-6-5;1-4(2,3)7(5)6;1-2-4-5-3-1;4*1-2-3;;;;/h5-9,13,15,19H,10-12,14H2,1-4H3;5-9,13-14H,10-12H2,1-4H3;2-6,10-11H,7-9H2,1H3;2-6H,1H3;6-7H,3-5H2,1-2H3;5H,2-4H2,1H3;5H2,1-3H3;1-4H2;4*3H,2H2,1H3;1H4;;1H;/t15?,19-,23?,30-;14?,22?,30-;;;;;7-;;;;;;;;;/m01....1........./s1. The number of ether oxygens (including phenoxy) is 2. The zero-order valence-electron chi connectivity index (χ0n) is 87.7. The SMILES string of the molecule is C.C1CCOC1.CC(C)(C)[S@](N)=O.CC1CCCO1.CCO.CCO.CCO.CCO.CON(C)C(=O)c1cn(C23CC(C2)C3)nn1.Cl.Cn1ccc2c(C(=N[S@](=O)C(C)(C)C)c3cn(C45CC(C4)C5)nn3)cccc2c1=O.Cn1ccc2c(C(=O)c3cn(C45CC(C4)C5)nn3)cccc2c1=O.Cn1ccc2c(I)cccc2c1=O.Cn1ccc2c([C@H](C[S@](=O)C(C)(C)C)c3cn(C45CC(C4)C5)nn3)cccc2c1=O.[B].[Ti]. The third kappa shape index (κ3) is 29.5. The predicted molar refractivity (Wildman–Crippen MR) is 589 cm³/mol. The van der Waals surface area contributed by atoms with Crippen molar-refractivity contribution in [2.75, 3.05) is 66.2 Å². The first-order chi connectivity index (χ1) is 67.8. The van der Waals surface area contributed by atoms with E-state index < -0.39 is 37.5 Å². The first-order valence-electron chi connectivity index (χ1n) is 49.0. The molecule has 14 aliphatic rings. The zero-order valence-corrected chi connectivity index (χ0v) is 94.7. The minimum Gasteiger partial charge on any atom is -0.397 e. The molecule has 1 amide bonds. The molecule has 8 aromatic heterocycles. The molecule has 10 heterocycles. The molecule has 147 heavy (non-hydrogen) atoms. The smallest absolute Gasteiger partial charge is 0.299 e. The molecule has 4 aromatic carbocycles. The van der Waals surface area contributed by atoms with E-state index in [9.17, 15) is 41.4 Å². The van der Waals surface area contributed by atoms with Crippen molar-refractivity contribution in [2.45, 2.75) is 256 Å². The first kappa shape index (κ1) is 125. The van der Waals surface area contributed by atoms with Gasteiger partial charge in [-0.2, -0.15) is 4.40 Å². The van der Waals surface area contributed by atoms with Crippen LogP contribution in [0, 0.1) is 27.2 Å². The quantitative estimate of drug-likeness (QED) is 0.0209. The Hall–Kier alpha value is -8.98. The summed E-state index contributed by atoms with van der Waals surface area (Å²) >= 11 is 2.24. The van der Waals surface area contributed by atoms with Gasteiger partial charge in [-0.25, -0.2) is 32.2 Å². The molecule has 1 unspecified atom stereocenters. The van der Waals surface area contributed by atoms with Crippen LogP contribution in [-0.2, 0) is 119 Å². The van der Waals surface area contributed by atoms with Crippen molar-refractivity contribution in [3.63, 3.8) is 0 Å². The van der Waals surface area contributed by atoms with Crippen molar-refractivity contribution in [1.29, 1.82) is 0 Å². The van der Waals surface area contributed by atoms with Crippen molar-refractivity contribution in [3.05, 3.63) is 231 Å². The minimum atomic E-state index is -1.48. The average Bonchev–Trinajstić information content (AvgIpc) is 1.70. The second-order valence-corrected chi connectivity index (χ2v) is 48.3. The maximum Gasteiger partial charge on any atom is 0.299 e. The number of fused-ring (bicyclic) bond motifs is 4. The van der Waals surface area contributed by atoms with Crippen LogP contribution in [0.2, 0.25) is 0 Å². The monoisotopic (exact) mass is 2250 g/mol. The number of aromatic nitrogens is 16. The third-order valence-corrected chi connectivity index (χ3v) is 32.7. The Morgan fingerprint density at radius 3 is 1.21 bits per heavy atom. The molecule has 42 heteroatoms. The van der Waals surface area contributed by atoms with E-state index in [-0.39, 0.29) is 148 Å². The van der Waals surface area contributed by atoms with Crippen LogP contribution >= 0.6 is 35.0 Å². The number of amides is 1. The van der Waals surface area contributed by atoms with Crippen LogP contribution in [0.1, 0.15) is 262 Å². The summed E-state index contributed by atoms with van der Waals surface area (Å²) < 4.78 is 65.2. The van der Waals surface area contributed by atoms with E-state index in [1.165, 1.54) is 75.9 Å². The summed E-state index contributed by atoms with van der Waals surface area (Å²) in [7, 11) is 6.22. The summed E-state index contributed by atoms with van der Waals surface area (Å²) in [4.78, 5) is 78.6. The van der Waals surface area contributed by atoms with Crippen molar-refractivity contribution >= 4 is 137 Å². The molecule has 799 valence electrons. The van der Waals surface area contributed by atoms with Gasteiger partial charge in [0.05, 0.1) is 80.1 Å². The second-order valence-electron chi connectivity index (χ2n) is 41.1. The summed E-state index contributed by atoms with van der Waals surface area (Å²) in [6.45, 7) is 30.0. The van der Waals surface area contributed by atoms with E-state index in [0.29, 0.717) is 61.8 Å². The van der Waals surface area contributed by atoms with Gasteiger partial charge in [-0.05, 0) is 322 Å². The van der Waals surface area contributed by atoms with E-state index in [4.69, 9.17) is 39.9 Å². The topological polar surface area (TPSA) is 446 Å². The van der Waals surface area contributed by atoms with Gasteiger partial charge in [0.2, 0.25) is 5.78 Å². The largest absolute Gasteiger partial charge is 0.397 e. The number of benzene rings is 4. The minimum absolute atomic E-state index is 0. The molecule has 2 saturated heterocycles. The van der Waals surface area contributed by atoms with Crippen LogP contribution in [0.3, 0.4) is 0 Å². The molecule has 12 aliphatic carbocycles. The van der Waals surface area contributed by atoms with E-state index in [1.807, 2.05) is 154 Å². The predicted octanol–water partition coefficient (Wildman–Crippen LogP) is 13.7. The number of rotatable bonds is 15. The Bertz CT molecular complexity index is 6710. The zero-order chi connectivity index (χ0) is 105. The van der Waals surface area contributed by atoms with Crippen LogP contribution in [-0.4, -0.2) is 229 Å². The molecule has 5 atom stereocenters. The molecule has 2 aliphatic heterocycles. The Morgan fingerprint density at radius 2 is 0.850 bits per heavy atom. The van der Waals surface area contributed by atoms with E-state index >= 15 is 0 Å². The molecule has 12 aromatic rings. The number of aryl methyl sites for hydroxylation is 4. The van der Waals surface area contributed by atoms with Crippen LogP contribution in [0.25, 0.3) is 43.1 Å². The molecule has 6 N–H and O–H groups in total. The van der Waals surface area contributed by atoms with Gasteiger partial charge in [-0.15, -0.1) is 32.8 Å². The Balaban J connectivity index is 0.000000235. The molecule has 3 radical (unpaired) electrons. The maximum absolute atomic E-state index is 13.1. The number of carbonyl (C=O) groups is 2. The molecule has 12 saturated carbocycles. The first-order valence-corrected chi connectivity index (χ1v) is 53.8. The number of hydroxylamine groups is 2. The van der Waals surface area contributed by atoms with E-state index in [1.54, 1.807) is 144 Å². The molecular formula is C105H149BClIN19O16S3Ti. The third-order valence-electron chi connectivity index (χ3n) is 27.2. The van der Waals surface area contributed by atoms with Gasteiger partial charge in [-0.1, -0.05) is 70.7 Å². The van der Waals surface area contributed by atoms with Gasteiger partial charge >= 0.3 is 0 Å². The number of aliphatic hydroxyl groups excluding tert-OH is 4. The molecule has 8 bridgehead atoms.